The SMILES string of the molecule is CN=C(NCCNC(=O)OC(C)(C)C)NC1CC1c1ccccc1OC(F)(F)F. The highest BCUT2D eigenvalue weighted by Gasteiger charge is 2.42. The lowest BCUT2D eigenvalue weighted by atomic mass is 10.1. The van der Waals surface area contributed by atoms with Gasteiger partial charge in [0.15, 0.2) is 5.96 Å². The van der Waals surface area contributed by atoms with Gasteiger partial charge < -0.3 is 25.4 Å². The number of para-hydroxylation sites is 1. The molecule has 3 N–H and O–H groups in total. The number of alkyl halides is 3. The number of alkyl carbamates (subject to hydrolysis) is 1. The fourth-order valence-corrected chi connectivity index (χ4v) is 2.73. The number of rotatable bonds is 6. The molecule has 1 fully saturated rings. The van der Waals surface area contributed by atoms with Crippen molar-refractivity contribution in [2.24, 2.45) is 4.99 Å². The Kier molecular flexibility index (Phi) is 7.21. The van der Waals surface area contributed by atoms with E-state index in [2.05, 4.69) is 25.7 Å². The lowest BCUT2D eigenvalue weighted by molar-refractivity contribution is -0.274. The molecule has 0 saturated heterocycles. The zero-order valence-electron chi connectivity index (χ0n) is 16.9. The van der Waals surface area contributed by atoms with Crippen LogP contribution in [0, 0.1) is 0 Å². The van der Waals surface area contributed by atoms with E-state index in [1.54, 1.807) is 40.0 Å². The van der Waals surface area contributed by atoms with Gasteiger partial charge in [0, 0.05) is 32.1 Å². The maximum absolute atomic E-state index is 12.6. The van der Waals surface area contributed by atoms with Crippen LogP contribution in [0.3, 0.4) is 0 Å². The van der Waals surface area contributed by atoms with Gasteiger partial charge in [-0.3, -0.25) is 4.99 Å². The number of halogens is 3. The Balaban J connectivity index is 1.79. The molecule has 2 unspecified atom stereocenters. The molecule has 0 spiro atoms. The summed E-state index contributed by atoms with van der Waals surface area (Å²) in [6.45, 7) is 6.07. The van der Waals surface area contributed by atoms with Gasteiger partial charge in [-0.15, -0.1) is 13.2 Å². The number of guanidine groups is 1. The highest BCUT2D eigenvalue weighted by atomic mass is 19.4. The highest BCUT2D eigenvalue weighted by molar-refractivity contribution is 5.80. The first-order chi connectivity index (χ1) is 13.5. The molecule has 1 aromatic rings. The monoisotopic (exact) mass is 416 g/mol. The second-order valence-electron chi connectivity index (χ2n) is 7.61. The first kappa shape index (κ1) is 22.6. The maximum atomic E-state index is 12.6. The quantitative estimate of drug-likeness (QED) is 0.377. The van der Waals surface area contributed by atoms with Crippen LogP contribution in [-0.2, 0) is 4.74 Å². The molecule has 0 radical (unpaired) electrons. The molecule has 1 amide bonds. The summed E-state index contributed by atoms with van der Waals surface area (Å²) in [6.07, 6.45) is -4.58. The molecular weight excluding hydrogens is 389 g/mol. The molecule has 1 saturated carbocycles. The van der Waals surface area contributed by atoms with E-state index < -0.39 is 18.1 Å². The highest BCUT2D eigenvalue weighted by Crippen LogP contribution is 2.45. The number of nitrogens with one attached hydrogen (secondary N) is 3. The van der Waals surface area contributed by atoms with Gasteiger partial charge in [-0.05, 0) is 38.8 Å². The topological polar surface area (TPSA) is 84.0 Å². The second kappa shape index (κ2) is 9.23. The number of hydrogen-bond acceptors (Lipinski definition) is 4. The fourth-order valence-electron chi connectivity index (χ4n) is 2.73. The summed E-state index contributed by atoms with van der Waals surface area (Å²) >= 11 is 0. The number of aliphatic imine (C=N–C) groups is 1. The van der Waals surface area contributed by atoms with Gasteiger partial charge >= 0.3 is 12.5 Å². The van der Waals surface area contributed by atoms with Crippen LogP contribution in [0.15, 0.2) is 29.3 Å². The average Bonchev–Trinajstić information content (AvgIpc) is 3.34. The normalized spacial score (nSPS) is 19.3. The number of carbonyl (C=O) groups excluding carboxylic acids is 1. The third kappa shape index (κ3) is 8.08. The summed E-state index contributed by atoms with van der Waals surface area (Å²) in [5.74, 6) is 0.212. The summed E-state index contributed by atoms with van der Waals surface area (Å²) in [6, 6.07) is 6.08. The molecule has 0 aromatic heterocycles. The number of amides is 1. The van der Waals surface area contributed by atoms with E-state index in [-0.39, 0.29) is 17.7 Å². The molecule has 0 heterocycles. The first-order valence-corrected chi connectivity index (χ1v) is 9.27. The summed E-state index contributed by atoms with van der Waals surface area (Å²) in [5.41, 5.74) is -0.0632. The van der Waals surface area contributed by atoms with E-state index in [1.807, 2.05) is 0 Å². The summed E-state index contributed by atoms with van der Waals surface area (Å²) in [5, 5.41) is 8.83. The predicted octanol–water partition coefficient (Wildman–Crippen LogP) is 3.13. The predicted molar refractivity (Wildman–Crippen MR) is 103 cm³/mol. The van der Waals surface area contributed by atoms with Crippen LogP contribution in [0.4, 0.5) is 18.0 Å². The summed E-state index contributed by atoms with van der Waals surface area (Å²) in [4.78, 5) is 15.7. The van der Waals surface area contributed by atoms with Crippen molar-refractivity contribution < 1.29 is 27.4 Å². The van der Waals surface area contributed by atoms with Crippen LogP contribution in [0.1, 0.15) is 38.7 Å². The van der Waals surface area contributed by atoms with Crippen molar-refractivity contribution in [2.45, 2.75) is 51.1 Å². The smallest absolute Gasteiger partial charge is 0.444 e. The Morgan fingerprint density at radius 1 is 1.17 bits per heavy atom. The van der Waals surface area contributed by atoms with Gasteiger partial charge in [-0.25, -0.2) is 4.79 Å². The van der Waals surface area contributed by atoms with Crippen LogP contribution in [0.5, 0.6) is 5.75 Å². The van der Waals surface area contributed by atoms with Crippen molar-refractivity contribution in [1.82, 2.24) is 16.0 Å². The lowest BCUT2D eigenvalue weighted by Crippen LogP contribution is -2.43. The first-order valence-electron chi connectivity index (χ1n) is 9.27. The molecule has 2 atom stereocenters. The van der Waals surface area contributed by atoms with Gasteiger partial charge in [0.1, 0.15) is 11.4 Å². The van der Waals surface area contributed by atoms with Crippen LogP contribution in [0.2, 0.25) is 0 Å². The Labute approximate surface area is 168 Å². The van der Waals surface area contributed by atoms with E-state index in [0.717, 1.165) is 0 Å². The van der Waals surface area contributed by atoms with Crippen molar-refractivity contribution in [2.75, 3.05) is 20.1 Å². The Bertz CT molecular complexity index is 732. The molecule has 0 bridgehead atoms. The molecule has 29 heavy (non-hydrogen) atoms. The summed E-state index contributed by atoms with van der Waals surface area (Å²) < 4.78 is 47.0. The third-order valence-corrected chi connectivity index (χ3v) is 3.97. The van der Waals surface area contributed by atoms with Gasteiger partial charge in [0.25, 0.3) is 0 Å². The number of ether oxygens (including phenoxy) is 2. The standard InChI is InChI=1S/C19H27F3N4O3/c1-18(2,3)29-17(27)25-10-9-24-16(23-4)26-14-11-13(14)12-7-5-6-8-15(12)28-19(20,21)22/h5-8,13-14H,9-11H2,1-4H3,(H,25,27)(H2,23,24,26). The molecule has 1 aromatic carbocycles. The molecular formula is C19H27F3N4O3. The zero-order chi connectivity index (χ0) is 21.7. The van der Waals surface area contributed by atoms with Crippen LogP contribution >= 0.6 is 0 Å². The van der Waals surface area contributed by atoms with Crippen molar-refractivity contribution in [3.8, 4) is 5.75 Å². The second-order valence-corrected chi connectivity index (χ2v) is 7.61. The minimum Gasteiger partial charge on any atom is -0.444 e. The minimum atomic E-state index is -4.73. The van der Waals surface area contributed by atoms with Gasteiger partial charge in [-0.2, -0.15) is 0 Å². The van der Waals surface area contributed by atoms with Crippen molar-refractivity contribution >= 4 is 12.1 Å². The zero-order valence-corrected chi connectivity index (χ0v) is 16.9. The van der Waals surface area contributed by atoms with Crippen molar-refractivity contribution in [1.29, 1.82) is 0 Å². The van der Waals surface area contributed by atoms with E-state index in [1.165, 1.54) is 12.1 Å². The van der Waals surface area contributed by atoms with E-state index in [9.17, 15) is 18.0 Å². The Morgan fingerprint density at radius 2 is 1.83 bits per heavy atom. The van der Waals surface area contributed by atoms with Gasteiger partial charge in [0.2, 0.25) is 0 Å². The van der Waals surface area contributed by atoms with E-state index >= 15 is 0 Å². The molecule has 2 rings (SSSR count). The molecule has 7 nitrogen and oxygen atoms in total. The molecule has 1 aliphatic carbocycles. The summed E-state index contributed by atoms with van der Waals surface area (Å²) in [7, 11) is 1.59. The number of nitrogens with zero attached hydrogens (tertiary/aromatic N) is 1. The Morgan fingerprint density at radius 3 is 2.45 bits per heavy atom. The van der Waals surface area contributed by atoms with E-state index in [0.29, 0.717) is 31.0 Å². The molecule has 10 heteroatoms. The lowest BCUT2D eigenvalue weighted by Gasteiger charge is -2.20. The van der Waals surface area contributed by atoms with Gasteiger partial charge in [-0.1, -0.05) is 18.2 Å². The number of benzene rings is 1. The Hall–Kier alpha value is -2.65. The third-order valence-electron chi connectivity index (χ3n) is 3.97. The minimum absolute atomic E-state index is 0.0574. The maximum Gasteiger partial charge on any atom is 0.573 e. The average molecular weight is 416 g/mol. The molecule has 0 aliphatic heterocycles. The largest absolute Gasteiger partial charge is 0.573 e. The van der Waals surface area contributed by atoms with Gasteiger partial charge in [0.05, 0.1) is 0 Å². The van der Waals surface area contributed by atoms with E-state index in [4.69, 9.17) is 4.74 Å². The molecule has 162 valence electrons. The number of carbonyl (C=O) groups is 1. The van der Waals surface area contributed by atoms with Crippen LogP contribution in [0.25, 0.3) is 0 Å². The number of hydrogen-bond donors (Lipinski definition) is 3. The van der Waals surface area contributed by atoms with Crippen molar-refractivity contribution in [3.63, 3.8) is 0 Å². The fraction of sp³-hybridized carbons (Fsp3) is 0.579. The van der Waals surface area contributed by atoms with Crippen LogP contribution in [-0.4, -0.2) is 50.2 Å². The van der Waals surface area contributed by atoms with Crippen LogP contribution < -0.4 is 20.7 Å². The molecule has 1 aliphatic rings. The van der Waals surface area contributed by atoms with Crippen molar-refractivity contribution in [3.05, 3.63) is 29.8 Å².